The van der Waals surface area contributed by atoms with Gasteiger partial charge in [-0.15, -0.1) is 0 Å². The Morgan fingerprint density at radius 2 is 2.13 bits per heavy atom. The quantitative estimate of drug-likeness (QED) is 0.903. The van der Waals surface area contributed by atoms with Crippen LogP contribution in [0.2, 0.25) is 0 Å². The SMILES string of the molecule is CNC(C)c1cc2cc(F)cc(Br)c2o1. The minimum atomic E-state index is -0.265. The molecule has 2 rings (SSSR count). The summed E-state index contributed by atoms with van der Waals surface area (Å²) in [5.41, 5.74) is 0.688. The first-order valence-corrected chi connectivity index (χ1v) is 5.47. The Bertz CT molecular complexity index is 495. The summed E-state index contributed by atoms with van der Waals surface area (Å²) >= 11 is 3.28. The van der Waals surface area contributed by atoms with E-state index in [4.69, 9.17) is 4.42 Å². The Hall–Kier alpha value is -0.870. The monoisotopic (exact) mass is 271 g/mol. The predicted molar refractivity (Wildman–Crippen MR) is 61.3 cm³/mol. The third kappa shape index (κ3) is 1.92. The molecule has 4 heteroatoms. The molecule has 0 saturated carbocycles. The summed E-state index contributed by atoms with van der Waals surface area (Å²) in [6.07, 6.45) is 0. The second-order valence-electron chi connectivity index (χ2n) is 3.47. The van der Waals surface area contributed by atoms with Crippen molar-refractivity contribution in [3.63, 3.8) is 0 Å². The fourth-order valence-corrected chi connectivity index (χ4v) is 1.98. The Morgan fingerprint density at radius 1 is 1.40 bits per heavy atom. The molecule has 80 valence electrons. The lowest BCUT2D eigenvalue weighted by atomic mass is 10.2. The maximum Gasteiger partial charge on any atom is 0.148 e. The van der Waals surface area contributed by atoms with E-state index in [0.717, 1.165) is 11.1 Å². The van der Waals surface area contributed by atoms with E-state index in [2.05, 4.69) is 21.2 Å². The van der Waals surface area contributed by atoms with Crippen molar-refractivity contribution in [1.82, 2.24) is 5.32 Å². The highest BCUT2D eigenvalue weighted by Crippen LogP contribution is 2.30. The van der Waals surface area contributed by atoms with Crippen molar-refractivity contribution < 1.29 is 8.81 Å². The van der Waals surface area contributed by atoms with E-state index in [1.807, 2.05) is 20.0 Å². The summed E-state index contributed by atoms with van der Waals surface area (Å²) in [7, 11) is 1.85. The first kappa shape index (κ1) is 10.6. The van der Waals surface area contributed by atoms with Gasteiger partial charge in [0.25, 0.3) is 0 Å². The molecule has 0 bridgehead atoms. The Kier molecular flexibility index (Phi) is 2.80. The zero-order chi connectivity index (χ0) is 11.0. The van der Waals surface area contributed by atoms with Gasteiger partial charge in [0.2, 0.25) is 0 Å². The normalized spacial score (nSPS) is 13.3. The van der Waals surface area contributed by atoms with Crippen molar-refractivity contribution in [3.8, 4) is 0 Å². The molecule has 0 radical (unpaired) electrons. The van der Waals surface area contributed by atoms with Gasteiger partial charge in [-0.25, -0.2) is 4.39 Å². The minimum Gasteiger partial charge on any atom is -0.458 e. The van der Waals surface area contributed by atoms with E-state index in [-0.39, 0.29) is 11.9 Å². The van der Waals surface area contributed by atoms with Gasteiger partial charge in [-0.1, -0.05) is 0 Å². The first-order chi connectivity index (χ1) is 7.11. The third-order valence-electron chi connectivity index (χ3n) is 2.41. The number of rotatable bonds is 2. The highest BCUT2D eigenvalue weighted by atomic mass is 79.9. The van der Waals surface area contributed by atoms with Crippen LogP contribution in [-0.2, 0) is 0 Å². The highest BCUT2D eigenvalue weighted by Gasteiger charge is 2.12. The first-order valence-electron chi connectivity index (χ1n) is 4.67. The number of hydrogen-bond acceptors (Lipinski definition) is 2. The zero-order valence-electron chi connectivity index (χ0n) is 8.47. The molecule has 2 aromatic rings. The number of fused-ring (bicyclic) bond motifs is 1. The van der Waals surface area contributed by atoms with E-state index in [1.54, 1.807) is 0 Å². The van der Waals surface area contributed by atoms with E-state index in [9.17, 15) is 4.39 Å². The van der Waals surface area contributed by atoms with Crippen LogP contribution >= 0.6 is 15.9 Å². The van der Waals surface area contributed by atoms with Gasteiger partial charge < -0.3 is 9.73 Å². The van der Waals surface area contributed by atoms with Crippen LogP contribution in [0.25, 0.3) is 11.0 Å². The van der Waals surface area contributed by atoms with Crippen LogP contribution in [-0.4, -0.2) is 7.05 Å². The lowest BCUT2D eigenvalue weighted by Crippen LogP contribution is -2.10. The molecular formula is C11H11BrFNO. The van der Waals surface area contributed by atoms with Crippen LogP contribution in [0, 0.1) is 5.82 Å². The number of benzene rings is 1. The van der Waals surface area contributed by atoms with Crippen molar-refractivity contribution in [3.05, 3.63) is 34.2 Å². The van der Waals surface area contributed by atoms with Crippen LogP contribution in [0.3, 0.4) is 0 Å². The molecule has 0 aliphatic rings. The number of nitrogens with one attached hydrogen (secondary N) is 1. The van der Waals surface area contributed by atoms with Gasteiger partial charge in [0.05, 0.1) is 10.5 Å². The van der Waals surface area contributed by atoms with Gasteiger partial charge >= 0.3 is 0 Å². The summed E-state index contributed by atoms with van der Waals surface area (Å²) in [6, 6.07) is 4.84. The minimum absolute atomic E-state index is 0.118. The van der Waals surface area contributed by atoms with E-state index >= 15 is 0 Å². The summed E-state index contributed by atoms with van der Waals surface area (Å²) in [6.45, 7) is 1.99. The fraction of sp³-hybridized carbons (Fsp3) is 0.273. The Balaban J connectivity index is 2.60. The molecule has 2 nitrogen and oxygen atoms in total. The summed E-state index contributed by atoms with van der Waals surface area (Å²) in [5, 5.41) is 3.85. The van der Waals surface area contributed by atoms with Crippen molar-refractivity contribution in [2.45, 2.75) is 13.0 Å². The number of halogens is 2. The molecule has 0 saturated heterocycles. The fourth-order valence-electron chi connectivity index (χ4n) is 1.45. The lowest BCUT2D eigenvalue weighted by molar-refractivity contribution is 0.474. The van der Waals surface area contributed by atoms with Crippen LogP contribution < -0.4 is 5.32 Å². The zero-order valence-corrected chi connectivity index (χ0v) is 10.1. The molecule has 0 aliphatic carbocycles. The van der Waals surface area contributed by atoms with Gasteiger partial charge in [0.1, 0.15) is 17.2 Å². The summed E-state index contributed by atoms with van der Waals surface area (Å²) in [5.74, 6) is 0.539. The van der Waals surface area contributed by atoms with Gasteiger partial charge in [0.15, 0.2) is 0 Å². The molecule has 1 aromatic carbocycles. The molecule has 1 atom stereocenters. The Morgan fingerprint density at radius 3 is 2.80 bits per heavy atom. The Labute approximate surface area is 95.6 Å². The number of hydrogen-bond donors (Lipinski definition) is 1. The van der Waals surface area contributed by atoms with Gasteiger partial charge in [0, 0.05) is 5.39 Å². The smallest absolute Gasteiger partial charge is 0.148 e. The average Bonchev–Trinajstić information content (AvgIpc) is 2.60. The molecule has 1 heterocycles. The highest BCUT2D eigenvalue weighted by molar-refractivity contribution is 9.10. The molecule has 1 aromatic heterocycles. The van der Waals surface area contributed by atoms with Gasteiger partial charge in [-0.2, -0.15) is 0 Å². The molecule has 1 N–H and O–H groups in total. The molecule has 0 fully saturated rings. The molecule has 15 heavy (non-hydrogen) atoms. The second-order valence-corrected chi connectivity index (χ2v) is 4.32. The molecule has 0 spiro atoms. The van der Waals surface area contributed by atoms with Crippen molar-refractivity contribution in [1.29, 1.82) is 0 Å². The van der Waals surface area contributed by atoms with Gasteiger partial charge in [-0.05, 0) is 48.1 Å². The third-order valence-corrected chi connectivity index (χ3v) is 3.00. The number of furan rings is 1. The topological polar surface area (TPSA) is 25.2 Å². The van der Waals surface area contributed by atoms with Crippen LogP contribution in [0.1, 0.15) is 18.7 Å². The molecule has 0 amide bonds. The van der Waals surface area contributed by atoms with Crippen molar-refractivity contribution in [2.75, 3.05) is 7.05 Å². The van der Waals surface area contributed by atoms with E-state index in [0.29, 0.717) is 10.1 Å². The van der Waals surface area contributed by atoms with Crippen molar-refractivity contribution >= 4 is 26.9 Å². The standard InChI is InChI=1S/C11H11BrFNO/c1-6(14-2)10-4-7-3-8(13)5-9(12)11(7)15-10/h3-6,14H,1-2H3. The van der Waals surface area contributed by atoms with E-state index in [1.165, 1.54) is 12.1 Å². The van der Waals surface area contributed by atoms with Crippen molar-refractivity contribution in [2.24, 2.45) is 0 Å². The maximum atomic E-state index is 13.1. The summed E-state index contributed by atoms with van der Waals surface area (Å²) in [4.78, 5) is 0. The molecule has 0 aliphatic heterocycles. The maximum absolute atomic E-state index is 13.1. The molecular weight excluding hydrogens is 261 g/mol. The summed E-state index contributed by atoms with van der Waals surface area (Å²) < 4.78 is 19.4. The van der Waals surface area contributed by atoms with E-state index < -0.39 is 0 Å². The van der Waals surface area contributed by atoms with Gasteiger partial charge in [-0.3, -0.25) is 0 Å². The predicted octanol–water partition coefficient (Wildman–Crippen LogP) is 3.61. The average molecular weight is 272 g/mol. The van der Waals surface area contributed by atoms with Crippen LogP contribution in [0.4, 0.5) is 4.39 Å². The largest absolute Gasteiger partial charge is 0.458 e. The lowest BCUT2D eigenvalue weighted by Gasteiger charge is -2.04. The van der Waals surface area contributed by atoms with Crippen LogP contribution in [0.5, 0.6) is 0 Å². The molecule has 1 unspecified atom stereocenters. The second kappa shape index (κ2) is 3.94. The van der Waals surface area contributed by atoms with Crippen LogP contribution in [0.15, 0.2) is 27.1 Å².